The standard InChI is InChI=1S/C27H25NO6/c1-4-34-20-13-11-19(12-14-20)28-24(18-10-15-21(32-2)22(16-18)33-3)23(26(30)27(28)31)25(29)17-8-6-5-7-9-17/h5-16,24,29H,4H2,1-3H3/t24-/m0/s1. The molecule has 0 radical (unpaired) electrons. The van der Waals surface area contributed by atoms with Gasteiger partial charge in [0.1, 0.15) is 11.5 Å². The third-order valence-corrected chi connectivity index (χ3v) is 5.64. The van der Waals surface area contributed by atoms with Crippen LogP contribution in [0.3, 0.4) is 0 Å². The van der Waals surface area contributed by atoms with E-state index in [0.717, 1.165) is 0 Å². The van der Waals surface area contributed by atoms with Crippen LogP contribution in [0.25, 0.3) is 5.76 Å². The van der Waals surface area contributed by atoms with Gasteiger partial charge < -0.3 is 19.3 Å². The lowest BCUT2D eigenvalue weighted by molar-refractivity contribution is -0.132. The number of ketones is 1. The minimum atomic E-state index is -0.877. The van der Waals surface area contributed by atoms with Crippen molar-refractivity contribution < 1.29 is 28.9 Å². The van der Waals surface area contributed by atoms with Crippen LogP contribution in [0.15, 0.2) is 78.4 Å². The van der Waals surface area contributed by atoms with Crippen LogP contribution in [0.1, 0.15) is 24.1 Å². The van der Waals surface area contributed by atoms with Crippen molar-refractivity contribution in [3.8, 4) is 17.2 Å². The Kier molecular flexibility index (Phi) is 6.54. The molecule has 3 aromatic rings. The summed E-state index contributed by atoms with van der Waals surface area (Å²) in [5.74, 6) is -0.150. The van der Waals surface area contributed by atoms with Crippen molar-refractivity contribution in [2.24, 2.45) is 0 Å². The zero-order chi connectivity index (χ0) is 24.2. The van der Waals surface area contributed by atoms with Crippen molar-refractivity contribution in [1.82, 2.24) is 0 Å². The molecule has 1 saturated heterocycles. The predicted octanol–water partition coefficient (Wildman–Crippen LogP) is 4.73. The number of benzene rings is 3. The fourth-order valence-corrected chi connectivity index (χ4v) is 4.06. The minimum Gasteiger partial charge on any atom is -0.507 e. The number of methoxy groups -OCH3 is 2. The second-order valence-electron chi connectivity index (χ2n) is 7.58. The van der Waals surface area contributed by atoms with Crippen LogP contribution in [0.5, 0.6) is 17.2 Å². The Bertz CT molecular complexity index is 1230. The molecule has 0 bridgehead atoms. The number of hydrogen-bond acceptors (Lipinski definition) is 6. The monoisotopic (exact) mass is 459 g/mol. The fraction of sp³-hybridized carbons (Fsp3) is 0.185. The molecule has 7 heteroatoms. The molecule has 3 aromatic carbocycles. The molecule has 1 N–H and O–H groups in total. The van der Waals surface area contributed by atoms with E-state index >= 15 is 0 Å². The number of Topliss-reactive ketones (excluding diaryl/α,β-unsaturated/α-hetero) is 1. The first-order chi connectivity index (χ1) is 16.5. The molecule has 1 amide bonds. The first kappa shape index (κ1) is 22.9. The summed E-state index contributed by atoms with van der Waals surface area (Å²) < 4.78 is 16.3. The molecular formula is C27H25NO6. The summed E-state index contributed by atoms with van der Waals surface area (Å²) in [6.07, 6.45) is 0. The van der Waals surface area contributed by atoms with Gasteiger partial charge >= 0.3 is 0 Å². The number of rotatable bonds is 7. The normalized spacial score (nSPS) is 17.0. The van der Waals surface area contributed by atoms with Crippen molar-refractivity contribution in [3.63, 3.8) is 0 Å². The molecular weight excluding hydrogens is 434 g/mol. The van der Waals surface area contributed by atoms with Gasteiger partial charge in [-0.05, 0) is 48.9 Å². The van der Waals surface area contributed by atoms with Crippen molar-refractivity contribution in [2.45, 2.75) is 13.0 Å². The summed E-state index contributed by atoms with van der Waals surface area (Å²) in [5.41, 5.74) is 1.52. The number of hydrogen-bond donors (Lipinski definition) is 1. The van der Waals surface area contributed by atoms with Crippen molar-refractivity contribution >= 4 is 23.1 Å². The molecule has 4 rings (SSSR count). The van der Waals surface area contributed by atoms with Crippen LogP contribution < -0.4 is 19.1 Å². The third kappa shape index (κ3) is 4.08. The van der Waals surface area contributed by atoms with Gasteiger partial charge in [-0.15, -0.1) is 0 Å². The van der Waals surface area contributed by atoms with Gasteiger partial charge in [0, 0.05) is 11.3 Å². The number of amides is 1. The average molecular weight is 459 g/mol. The molecule has 1 aliphatic rings. The Morgan fingerprint density at radius 3 is 2.21 bits per heavy atom. The van der Waals surface area contributed by atoms with E-state index in [9.17, 15) is 14.7 Å². The molecule has 174 valence electrons. The molecule has 34 heavy (non-hydrogen) atoms. The maximum atomic E-state index is 13.3. The van der Waals surface area contributed by atoms with Crippen LogP contribution in [-0.2, 0) is 9.59 Å². The summed E-state index contributed by atoms with van der Waals surface area (Å²) in [6, 6.07) is 19.9. The topological polar surface area (TPSA) is 85.3 Å². The van der Waals surface area contributed by atoms with Gasteiger partial charge in [0.05, 0.1) is 32.4 Å². The molecule has 0 aromatic heterocycles. The van der Waals surface area contributed by atoms with Crippen LogP contribution >= 0.6 is 0 Å². The smallest absolute Gasteiger partial charge is 0.300 e. The second-order valence-corrected chi connectivity index (χ2v) is 7.58. The van der Waals surface area contributed by atoms with Crippen molar-refractivity contribution in [1.29, 1.82) is 0 Å². The quantitative estimate of drug-likeness (QED) is 0.312. The highest BCUT2D eigenvalue weighted by molar-refractivity contribution is 6.51. The molecule has 0 aliphatic carbocycles. The number of anilines is 1. The summed E-state index contributed by atoms with van der Waals surface area (Å²) in [5, 5.41) is 11.2. The SMILES string of the molecule is CCOc1ccc(N2C(=O)C(=O)C(=C(O)c3ccccc3)[C@@H]2c2ccc(OC)c(OC)c2)cc1. The van der Waals surface area contributed by atoms with E-state index in [2.05, 4.69) is 0 Å². The van der Waals surface area contributed by atoms with E-state index in [1.54, 1.807) is 72.8 Å². The largest absolute Gasteiger partial charge is 0.507 e. The third-order valence-electron chi connectivity index (χ3n) is 5.64. The Hall–Kier alpha value is -4.26. The zero-order valence-electron chi connectivity index (χ0n) is 19.1. The molecule has 1 atom stereocenters. The van der Waals surface area contributed by atoms with E-state index in [1.807, 2.05) is 6.92 Å². The first-order valence-corrected chi connectivity index (χ1v) is 10.8. The van der Waals surface area contributed by atoms with Gasteiger partial charge in [-0.1, -0.05) is 36.4 Å². The first-order valence-electron chi connectivity index (χ1n) is 10.8. The molecule has 7 nitrogen and oxygen atoms in total. The Morgan fingerprint density at radius 2 is 1.59 bits per heavy atom. The Balaban J connectivity index is 1.92. The maximum absolute atomic E-state index is 13.3. The Labute approximate surface area is 197 Å². The van der Waals surface area contributed by atoms with Gasteiger partial charge in [-0.25, -0.2) is 0 Å². The predicted molar refractivity (Wildman–Crippen MR) is 128 cm³/mol. The van der Waals surface area contributed by atoms with Gasteiger partial charge in [0.25, 0.3) is 11.7 Å². The van der Waals surface area contributed by atoms with Crippen LogP contribution in [-0.4, -0.2) is 37.6 Å². The number of aliphatic hydroxyl groups is 1. The van der Waals surface area contributed by atoms with Gasteiger partial charge in [-0.2, -0.15) is 0 Å². The van der Waals surface area contributed by atoms with Crippen molar-refractivity contribution in [3.05, 3.63) is 89.5 Å². The van der Waals surface area contributed by atoms with E-state index < -0.39 is 17.7 Å². The average Bonchev–Trinajstić information content (AvgIpc) is 3.14. The minimum absolute atomic E-state index is 0.00250. The Morgan fingerprint density at radius 1 is 0.912 bits per heavy atom. The molecule has 1 aliphatic heterocycles. The highest BCUT2D eigenvalue weighted by atomic mass is 16.5. The van der Waals surface area contributed by atoms with E-state index in [0.29, 0.717) is 40.7 Å². The van der Waals surface area contributed by atoms with E-state index in [4.69, 9.17) is 14.2 Å². The molecule has 1 heterocycles. The van der Waals surface area contributed by atoms with E-state index in [1.165, 1.54) is 19.1 Å². The molecule has 0 saturated carbocycles. The lowest BCUT2D eigenvalue weighted by Crippen LogP contribution is -2.29. The summed E-state index contributed by atoms with van der Waals surface area (Å²) in [7, 11) is 3.04. The van der Waals surface area contributed by atoms with Crippen molar-refractivity contribution in [2.75, 3.05) is 25.7 Å². The highest BCUT2D eigenvalue weighted by Crippen LogP contribution is 2.44. The highest BCUT2D eigenvalue weighted by Gasteiger charge is 2.47. The zero-order valence-corrected chi connectivity index (χ0v) is 19.1. The fourth-order valence-electron chi connectivity index (χ4n) is 4.06. The number of carbonyl (C=O) groups excluding carboxylic acids is 2. The van der Waals surface area contributed by atoms with Gasteiger partial charge in [0.15, 0.2) is 11.5 Å². The molecule has 0 unspecified atom stereocenters. The second kappa shape index (κ2) is 9.70. The lowest BCUT2D eigenvalue weighted by atomic mass is 9.94. The number of ether oxygens (including phenoxy) is 3. The van der Waals surface area contributed by atoms with Gasteiger partial charge in [-0.3, -0.25) is 14.5 Å². The number of carbonyl (C=O) groups is 2. The van der Waals surface area contributed by atoms with Gasteiger partial charge in [0.2, 0.25) is 0 Å². The van der Waals surface area contributed by atoms with Crippen LogP contribution in [0.4, 0.5) is 5.69 Å². The number of aliphatic hydroxyl groups excluding tert-OH is 1. The summed E-state index contributed by atoms with van der Waals surface area (Å²) in [6.45, 7) is 2.39. The molecule has 0 spiro atoms. The maximum Gasteiger partial charge on any atom is 0.300 e. The van der Waals surface area contributed by atoms with E-state index in [-0.39, 0.29) is 11.3 Å². The summed E-state index contributed by atoms with van der Waals surface area (Å²) in [4.78, 5) is 27.9. The molecule has 1 fully saturated rings. The number of nitrogens with zero attached hydrogens (tertiary/aromatic N) is 1. The summed E-state index contributed by atoms with van der Waals surface area (Å²) >= 11 is 0. The van der Waals surface area contributed by atoms with Crippen LogP contribution in [0.2, 0.25) is 0 Å². The van der Waals surface area contributed by atoms with Crippen LogP contribution in [0, 0.1) is 0 Å². The lowest BCUT2D eigenvalue weighted by Gasteiger charge is -2.26.